The van der Waals surface area contributed by atoms with Crippen molar-refractivity contribution in [3.05, 3.63) is 45.9 Å². The van der Waals surface area contributed by atoms with Crippen molar-refractivity contribution >= 4 is 27.5 Å². The van der Waals surface area contributed by atoms with Crippen molar-refractivity contribution in [2.45, 2.75) is 6.92 Å². The van der Waals surface area contributed by atoms with Gasteiger partial charge in [0.15, 0.2) is 4.73 Å². The molecule has 2 aromatic rings. The second-order valence-corrected chi connectivity index (χ2v) is 4.12. The Balaban J connectivity index is 2.53. The molecular formula is C10H8BrClN2. The molecule has 0 aliphatic rings. The maximum atomic E-state index is 6.03. The lowest BCUT2D eigenvalue weighted by atomic mass is 10.2. The molecule has 72 valence electrons. The molecule has 0 spiro atoms. The third kappa shape index (κ3) is 1.70. The van der Waals surface area contributed by atoms with Crippen LogP contribution in [0, 0.1) is 6.92 Å². The number of halogens is 2. The molecule has 0 bridgehead atoms. The van der Waals surface area contributed by atoms with Crippen LogP contribution in [0.15, 0.2) is 35.3 Å². The zero-order chi connectivity index (χ0) is 10.1. The summed E-state index contributed by atoms with van der Waals surface area (Å²) >= 11 is 9.39. The van der Waals surface area contributed by atoms with E-state index < -0.39 is 0 Å². The summed E-state index contributed by atoms with van der Waals surface area (Å²) in [6, 6.07) is 5.92. The minimum atomic E-state index is 0.767. The first-order valence-corrected chi connectivity index (χ1v) is 5.31. The number of hydrogen-bond acceptors (Lipinski definition) is 1. The maximum Gasteiger partial charge on any atom is 0.181 e. The molecule has 0 unspecified atom stereocenters. The van der Waals surface area contributed by atoms with Crippen LogP contribution in [0.2, 0.25) is 5.02 Å². The Morgan fingerprint density at radius 3 is 2.79 bits per heavy atom. The lowest BCUT2D eigenvalue weighted by molar-refractivity contribution is 1.01. The lowest BCUT2D eigenvalue weighted by Crippen LogP contribution is -1.92. The molecule has 0 saturated heterocycles. The van der Waals surface area contributed by atoms with E-state index in [2.05, 4.69) is 20.9 Å². The Hall–Kier alpha value is -0.800. The Labute approximate surface area is 95.7 Å². The number of hydrogen-bond donors (Lipinski definition) is 0. The third-order valence-electron chi connectivity index (χ3n) is 2.03. The number of imidazole rings is 1. The molecule has 0 aliphatic heterocycles. The van der Waals surface area contributed by atoms with Crippen LogP contribution in [0.5, 0.6) is 0 Å². The van der Waals surface area contributed by atoms with Gasteiger partial charge in [-0.2, -0.15) is 0 Å². The van der Waals surface area contributed by atoms with Crippen LogP contribution in [0.25, 0.3) is 5.69 Å². The summed E-state index contributed by atoms with van der Waals surface area (Å²) in [4.78, 5) is 4.08. The predicted octanol–water partition coefficient (Wildman–Crippen LogP) is 3.60. The molecule has 2 nitrogen and oxygen atoms in total. The maximum absolute atomic E-state index is 6.03. The monoisotopic (exact) mass is 270 g/mol. The molecule has 0 atom stereocenters. The first kappa shape index (κ1) is 9.74. The second-order valence-electron chi connectivity index (χ2n) is 3.00. The molecule has 0 radical (unpaired) electrons. The summed E-state index contributed by atoms with van der Waals surface area (Å²) in [7, 11) is 0. The van der Waals surface area contributed by atoms with E-state index in [1.165, 1.54) is 0 Å². The van der Waals surface area contributed by atoms with Crippen molar-refractivity contribution in [3.63, 3.8) is 0 Å². The van der Waals surface area contributed by atoms with E-state index in [1.807, 2.05) is 35.9 Å². The summed E-state index contributed by atoms with van der Waals surface area (Å²) in [5.74, 6) is 0. The van der Waals surface area contributed by atoms with Crippen LogP contribution in [0.3, 0.4) is 0 Å². The molecule has 2 rings (SSSR count). The molecule has 1 heterocycles. The third-order valence-corrected chi connectivity index (χ3v) is 3.02. The molecule has 0 aliphatic carbocycles. The van der Waals surface area contributed by atoms with Gasteiger partial charge in [0.1, 0.15) is 0 Å². The Kier molecular flexibility index (Phi) is 2.61. The molecule has 1 aromatic heterocycles. The van der Waals surface area contributed by atoms with Gasteiger partial charge in [0.25, 0.3) is 0 Å². The Bertz CT molecular complexity index is 465. The minimum Gasteiger partial charge on any atom is -0.294 e. The summed E-state index contributed by atoms with van der Waals surface area (Å²) in [6.07, 6.45) is 3.61. The molecule has 4 heteroatoms. The quantitative estimate of drug-likeness (QED) is 0.775. The van der Waals surface area contributed by atoms with E-state index in [0.29, 0.717) is 0 Å². The van der Waals surface area contributed by atoms with Crippen molar-refractivity contribution in [2.24, 2.45) is 0 Å². The van der Waals surface area contributed by atoms with Crippen LogP contribution in [0.1, 0.15) is 5.56 Å². The summed E-state index contributed by atoms with van der Waals surface area (Å²) in [5.41, 5.74) is 2.08. The average Bonchev–Trinajstić information content (AvgIpc) is 2.57. The SMILES string of the molecule is Cc1ccc(-n2ccnc2Br)cc1Cl. The molecule has 0 amide bonds. The highest BCUT2D eigenvalue weighted by molar-refractivity contribution is 9.10. The predicted molar refractivity (Wildman–Crippen MR) is 61.0 cm³/mol. The van der Waals surface area contributed by atoms with Gasteiger partial charge in [-0.1, -0.05) is 17.7 Å². The van der Waals surface area contributed by atoms with Gasteiger partial charge in [-0.3, -0.25) is 4.57 Å². The largest absolute Gasteiger partial charge is 0.294 e. The number of rotatable bonds is 1. The van der Waals surface area contributed by atoms with Gasteiger partial charge >= 0.3 is 0 Å². The second kappa shape index (κ2) is 3.75. The zero-order valence-corrected chi connectivity index (χ0v) is 9.88. The van der Waals surface area contributed by atoms with Crippen molar-refractivity contribution in [2.75, 3.05) is 0 Å². The highest BCUT2D eigenvalue weighted by atomic mass is 79.9. The summed E-state index contributed by atoms with van der Waals surface area (Å²) in [5, 5.41) is 0.767. The number of aromatic nitrogens is 2. The van der Waals surface area contributed by atoms with Gasteiger partial charge in [-0.05, 0) is 40.5 Å². The van der Waals surface area contributed by atoms with Gasteiger partial charge < -0.3 is 0 Å². The normalized spacial score (nSPS) is 10.5. The van der Waals surface area contributed by atoms with Crippen molar-refractivity contribution in [1.82, 2.24) is 9.55 Å². The standard InChI is InChI=1S/C10H8BrClN2/c1-7-2-3-8(6-9(7)12)14-5-4-13-10(14)11/h2-6H,1H3. The van der Waals surface area contributed by atoms with Crippen LogP contribution >= 0.6 is 27.5 Å². The zero-order valence-electron chi connectivity index (χ0n) is 7.54. The van der Waals surface area contributed by atoms with Crippen LogP contribution in [0.4, 0.5) is 0 Å². The molecule has 0 saturated carbocycles. The van der Waals surface area contributed by atoms with Crippen molar-refractivity contribution in [1.29, 1.82) is 0 Å². The average molecular weight is 272 g/mol. The Morgan fingerprint density at radius 2 is 2.21 bits per heavy atom. The topological polar surface area (TPSA) is 17.8 Å². The van der Waals surface area contributed by atoms with E-state index in [4.69, 9.17) is 11.6 Å². The Morgan fingerprint density at radius 1 is 1.43 bits per heavy atom. The molecule has 0 N–H and O–H groups in total. The molecule has 14 heavy (non-hydrogen) atoms. The summed E-state index contributed by atoms with van der Waals surface area (Å²) in [6.45, 7) is 1.98. The van der Waals surface area contributed by atoms with Crippen LogP contribution < -0.4 is 0 Å². The van der Waals surface area contributed by atoms with E-state index in [0.717, 1.165) is 21.0 Å². The van der Waals surface area contributed by atoms with Gasteiger partial charge in [0.2, 0.25) is 0 Å². The molecule has 0 fully saturated rings. The van der Waals surface area contributed by atoms with Gasteiger partial charge in [0, 0.05) is 23.1 Å². The highest BCUT2D eigenvalue weighted by Crippen LogP contribution is 2.21. The van der Waals surface area contributed by atoms with E-state index in [9.17, 15) is 0 Å². The van der Waals surface area contributed by atoms with Crippen LogP contribution in [-0.2, 0) is 0 Å². The molecule has 1 aromatic carbocycles. The minimum absolute atomic E-state index is 0.767. The number of benzene rings is 1. The fourth-order valence-corrected chi connectivity index (χ4v) is 1.83. The van der Waals surface area contributed by atoms with Crippen molar-refractivity contribution < 1.29 is 0 Å². The fourth-order valence-electron chi connectivity index (χ4n) is 1.21. The van der Waals surface area contributed by atoms with Crippen LogP contribution in [-0.4, -0.2) is 9.55 Å². The smallest absolute Gasteiger partial charge is 0.181 e. The van der Waals surface area contributed by atoms with E-state index >= 15 is 0 Å². The number of aryl methyl sites for hydroxylation is 1. The first-order valence-electron chi connectivity index (χ1n) is 4.14. The summed E-state index contributed by atoms with van der Waals surface area (Å²) < 4.78 is 2.70. The first-order chi connectivity index (χ1) is 6.68. The highest BCUT2D eigenvalue weighted by Gasteiger charge is 2.03. The van der Waals surface area contributed by atoms with Gasteiger partial charge in [-0.15, -0.1) is 0 Å². The molecular weight excluding hydrogens is 263 g/mol. The van der Waals surface area contributed by atoms with E-state index in [1.54, 1.807) is 6.20 Å². The lowest BCUT2D eigenvalue weighted by Gasteiger charge is -2.05. The van der Waals surface area contributed by atoms with Gasteiger partial charge in [0.05, 0.1) is 0 Å². The van der Waals surface area contributed by atoms with E-state index in [-0.39, 0.29) is 0 Å². The fraction of sp³-hybridized carbons (Fsp3) is 0.100. The number of nitrogens with zero attached hydrogens (tertiary/aromatic N) is 2. The van der Waals surface area contributed by atoms with Crippen molar-refractivity contribution in [3.8, 4) is 5.69 Å². The van der Waals surface area contributed by atoms with Gasteiger partial charge in [-0.25, -0.2) is 4.98 Å².